The van der Waals surface area contributed by atoms with Gasteiger partial charge in [0.15, 0.2) is 0 Å². The molecule has 0 aromatic carbocycles. The van der Waals surface area contributed by atoms with Gasteiger partial charge in [-0.2, -0.15) is 0 Å². The maximum atomic E-state index is 5.72. The summed E-state index contributed by atoms with van der Waals surface area (Å²) in [4.78, 5) is 3.82. The van der Waals surface area contributed by atoms with Crippen molar-refractivity contribution < 1.29 is 4.74 Å². The minimum atomic E-state index is 0.560. The van der Waals surface area contributed by atoms with E-state index in [4.69, 9.17) is 16.3 Å². The summed E-state index contributed by atoms with van der Waals surface area (Å²) in [5.74, 6) is 0.694. The van der Waals surface area contributed by atoms with Gasteiger partial charge in [0.25, 0.3) is 0 Å². The predicted octanol–water partition coefficient (Wildman–Crippen LogP) is 3.16. The standard InChI is InChI=1S/C7H8ClNO.C2H6/c1-2-10-7-3-4-9-5-6(7)8;1-2/h3-5H,2H2,1H3;1-2H3. The third-order valence-corrected chi connectivity index (χ3v) is 1.32. The van der Waals surface area contributed by atoms with Crippen LogP contribution in [0, 0.1) is 0 Å². The summed E-state index contributed by atoms with van der Waals surface area (Å²) in [6.07, 6.45) is 3.21. The first-order valence-electron chi connectivity index (χ1n) is 4.07. The first-order valence-corrected chi connectivity index (χ1v) is 4.44. The van der Waals surface area contributed by atoms with Gasteiger partial charge in [-0.15, -0.1) is 0 Å². The van der Waals surface area contributed by atoms with Gasteiger partial charge in [-0.25, -0.2) is 0 Å². The quantitative estimate of drug-likeness (QED) is 0.710. The van der Waals surface area contributed by atoms with Crippen molar-refractivity contribution in [3.8, 4) is 5.75 Å². The molecule has 0 spiro atoms. The molecule has 0 saturated carbocycles. The zero-order valence-corrected chi connectivity index (χ0v) is 8.43. The number of rotatable bonds is 2. The fourth-order valence-corrected chi connectivity index (χ4v) is 0.809. The Kier molecular flexibility index (Phi) is 6.48. The number of ether oxygens (including phenoxy) is 1. The summed E-state index contributed by atoms with van der Waals surface area (Å²) in [6.45, 7) is 6.54. The molecule has 12 heavy (non-hydrogen) atoms. The van der Waals surface area contributed by atoms with E-state index in [0.29, 0.717) is 17.4 Å². The Morgan fingerprint density at radius 2 is 2.17 bits per heavy atom. The topological polar surface area (TPSA) is 22.1 Å². The van der Waals surface area contributed by atoms with Gasteiger partial charge in [-0.1, -0.05) is 25.4 Å². The molecular formula is C9H14ClNO. The van der Waals surface area contributed by atoms with Gasteiger partial charge in [0.05, 0.1) is 6.61 Å². The Morgan fingerprint density at radius 3 is 2.67 bits per heavy atom. The smallest absolute Gasteiger partial charge is 0.140 e. The highest BCUT2D eigenvalue weighted by molar-refractivity contribution is 6.31. The maximum absolute atomic E-state index is 5.72. The number of nitrogens with zero attached hydrogens (tertiary/aromatic N) is 1. The summed E-state index contributed by atoms with van der Waals surface area (Å²) in [5.41, 5.74) is 0. The minimum Gasteiger partial charge on any atom is -0.492 e. The van der Waals surface area contributed by atoms with E-state index in [1.807, 2.05) is 20.8 Å². The van der Waals surface area contributed by atoms with Crippen LogP contribution in [0.5, 0.6) is 5.75 Å². The molecule has 0 saturated heterocycles. The zero-order valence-electron chi connectivity index (χ0n) is 7.67. The second-order valence-electron chi connectivity index (χ2n) is 1.74. The van der Waals surface area contributed by atoms with E-state index in [1.54, 1.807) is 18.5 Å². The molecule has 1 rings (SSSR count). The van der Waals surface area contributed by atoms with Gasteiger partial charge in [0.1, 0.15) is 10.8 Å². The monoisotopic (exact) mass is 187 g/mol. The Labute approximate surface area is 78.5 Å². The van der Waals surface area contributed by atoms with E-state index < -0.39 is 0 Å². The minimum absolute atomic E-state index is 0.560. The van der Waals surface area contributed by atoms with Crippen molar-refractivity contribution in [1.82, 2.24) is 4.98 Å². The van der Waals surface area contributed by atoms with Crippen LogP contribution in [0.15, 0.2) is 18.5 Å². The summed E-state index contributed by atoms with van der Waals surface area (Å²) < 4.78 is 5.16. The van der Waals surface area contributed by atoms with Crippen LogP contribution in [0.2, 0.25) is 5.02 Å². The lowest BCUT2D eigenvalue weighted by atomic mass is 10.4. The van der Waals surface area contributed by atoms with Gasteiger partial charge in [0.2, 0.25) is 0 Å². The van der Waals surface area contributed by atoms with E-state index >= 15 is 0 Å². The van der Waals surface area contributed by atoms with E-state index in [0.717, 1.165) is 0 Å². The highest BCUT2D eigenvalue weighted by atomic mass is 35.5. The second-order valence-corrected chi connectivity index (χ2v) is 2.15. The molecule has 0 radical (unpaired) electrons. The average Bonchev–Trinajstić information content (AvgIpc) is 2.13. The van der Waals surface area contributed by atoms with E-state index in [1.165, 1.54) is 0 Å². The van der Waals surface area contributed by atoms with Crippen molar-refractivity contribution >= 4 is 11.6 Å². The Morgan fingerprint density at radius 1 is 1.50 bits per heavy atom. The maximum Gasteiger partial charge on any atom is 0.140 e. The van der Waals surface area contributed by atoms with Crippen molar-refractivity contribution in [2.45, 2.75) is 20.8 Å². The Hall–Kier alpha value is -0.760. The molecule has 0 N–H and O–H groups in total. The van der Waals surface area contributed by atoms with Crippen LogP contribution in [0.3, 0.4) is 0 Å². The van der Waals surface area contributed by atoms with E-state index in [2.05, 4.69) is 4.98 Å². The molecule has 1 aromatic heterocycles. The van der Waals surface area contributed by atoms with Crippen LogP contribution in [0.1, 0.15) is 20.8 Å². The first-order chi connectivity index (χ1) is 5.84. The molecule has 0 aliphatic rings. The predicted molar refractivity (Wildman–Crippen MR) is 51.8 cm³/mol. The van der Waals surface area contributed by atoms with Gasteiger partial charge in [-0.05, 0) is 6.92 Å². The van der Waals surface area contributed by atoms with Crippen molar-refractivity contribution in [3.05, 3.63) is 23.5 Å². The normalized spacial score (nSPS) is 8.33. The molecular weight excluding hydrogens is 174 g/mol. The van der Waals surface area contributed by atoms with Crippen LogP contribution >= 0.6 is 11.6 Å². The number of aromatic nitrogens is 1. The summed E-state index contributed by atoms with van der Waals surface area (Å²) in [5, 5.41) is 0.560. The molecule has 0 unspecified atom stereocenters. The van der Waals surface area contributed by atoms with Crippen molar-refractivity contribution in [3.63, 3.8) is 0 Å². The number of hydrogen-bond donors (Lipinski definition) is 0. The summed E-state index contributed by atoms with van der Waals surface area (Å²) in [7, 11) is 0. The summed E-state index contributed by atoms with van der Waals surface area (Å²) in [6, 6.07) is 1.74. The molecule has 2 nitrogen and oxygen atoms in total. The fraction of sp³-hybridized carbons (Fsp3) is 0.444. The molecule has 0 aliphatic carbocycles. The fourth-order valence-electron chi connectivity index (χ4n) is 0.635. The lowest BCUT2D eigenvalue weighted by Gasteiger charge is -2.02. The lowest BCUT2D eigenvalue weighted by Crippen LogP contribution is -1.91. The first kappa shape index (κ1) is 11.2. The number of halogens is 1. The molecule has 0 bridgehead atoms. The zero-order chi connectivity index (χ0) is 9.40. The molecule has 0 atom stereocenters. The van der Waals surface area contributed by atoms with Gasteiger partial charge in [0, 0.05) is 18.5 Å². The SMILES string of the molecule is CC.CCOc1ccncc1Cl. The van der Waals surface area contributed by atoms with Crippen molar-refractivity contribution in [2.24, 2.45) is 0 Å². The van der Waals surface area contributed by atoms with Gasteiger partial charge < -0.3 is 4.74 Å². The molecule has 0 fully saturated rings. The van der Waals surface area contributed by atoms with Crippen LogP contribution in [-0.4, -0.2) is 11.6 Å². The molecule has 1 aromatic rings. The Bertz CT molecular complexity index is 215. The number of hydrogen-bond acceptors (Lipinski definition) is 2. The van der Waals surface area contributed by atoms with Crippen LogP contribution in [-0.2, 0) is 0 Å². The lowest BCUT2D eigenvalue weighted by molar-refractivity contribution is 0.340. The molecule has 68 valence electrons. The molecule has 0 amide bonds. The van der Waals surface area contributed by atoms with Crippen molar-refractivity contribution in [1.29, 1.82) is 0 Å². The average molecular weight is 188 g/mol. The van der Waals surface area contributed by atoms with Crippen LogP contribution < -0.4 is 4.74 Å². The third kappa shape index (κ3) is 3.58. The molecule has 0 aliphatic heterocycles. The van der Waals surface area contributed by atoms with Crippen LogP contribution in [0.25, 0.3) is 0 Å². The second kappa shape index (κ2) is 6.92. The summed E-state index contributed by atoms with van der Waals surface area (Å²) >= 11 is 5.72. The molecule has 1 heterocycles. The highest BCUT2D eigenvalue weighted by Crippen LogP contribution is 2.21. The van der Waals surface area contributed by atoms with Crippen molar-refractivity contribution in [2.75, 3.05) is 6.61 Å². The Balaban J connectivity index is 0.000000561. The largest absolute Gasteiger partial charge is 0.492 e. The highest BCUT2D eigenvalue weighted by Gasteiger charge is 1.96. The van der Waals surface area contributed by atoms with E-state index in [9.17, 15) is 0 Å². The van der Waals surface area contributed by atoms with Gasteiger partial charge in [-0.3, -0.25) is 4.98 Å². The molecule has 3 heteroatoms. The number of pyridine rings is 1. The van der Waals surface area contributed by atoms with Crippen LogP contribution in [0.4, 0.5) is 0 Å². The van der Waals surface area contributed by atoms with Gasteiger partial charge >= 0.3 is 0 Å². The third-order valence-electron chi connectivity index (χ3n) is 1.04. The van der Waals surface area contributed by atoms with E-state index in [-0.39, 0.29) is 0 Å².